The van der Waals surface area contributed by atoms with Crippen LogP contribution in [0.25, 0.3) is 0 Å². The molecule has 0 aromatic heterocycles. The molecule has 1 saturated heterocycles. The number of hydrogen-bond acceptors (Lipinski definition) is 4. The fourth-order valence-electron chi connectivity index (χ4n) is 2.58. The first-order valence-corrected chi connectivity index (χ1v) is 8.56. The minimum absolute atomic E-state index is 0.236. The average molecular weight is 297 g/mol. The van der Waals surface area contributed by atoms with Gasteiger partial charge in [0, 0.05) is 6.04 Å². The monoisotopic (exact) mass is 297 g/mol. The summed E-state index contributed by atoms with van der Waals surface area (Å²) >= 11 is 0. The van der Waals surface area contributed by atoms with Crippen LogP contribution in [0.2, 0.25) is 0 Å². The SMILES string of the molecule is Cc1ccc(S(=O)(=O)OCCC2CCCCN2C)cc1. The van der Waals surface area contributed by atoms with E-state index in [2.05, 4.69) is 11.9 Å². The summed E-state index contributed by atoms with van der Waals surface area (Å²) in [6.07, 6.45) is 4.35. The van der Waals surface area contributed by atoms with Gasteiger partial charge in [0.1, 0.15) is 0 Å². The van der Waals surface area contributed by atoms with Crippen LogP contribution in [0.4, 0.5) is 0 Å². The van der Waals surface area contributed by atoms with Gasteiger partial charge in [-0.2, -0.15) is 8.42 Å². The Bertz CT molecular complexity index is 525. The predicted octanol–water partition coefficient (Wildman–Crippen LogP) is 2.57. The minimum atomic E-state index is -3.61. The van der Waals surface area contributed by atoms with Crippen molar-refractivity contribution in [1.29, 1.82) is 0 Å². The Labute approximate surface area is 121 Å². The van der Waals surface area contributed by atoms with Gasteiger partial charge in [0.2, 0.25) is 0 Å². The molecule has 0 bridgehead atoms. The van der Waals surface area contributed by atoms with Crippen LogP contribution in [0, 0.1) is 6.92 Å². The summed E-state index contributed by atoms with van der Waals surface area (Å²) in [6.45, 7) is 3.27. The molecule has 0 radical (unpaired) electrons. The van der Waals surface area contributed by atoms with E-state index in [1.807, 2.05) is 6.92 Å². The number of aryl methyl sites for hydroxylation is 1. The molecule has 1 heterocycles. The topological polar surface area (TPSA) is 46.6 Å². The Morgan fingerprint density at radius 1 is 1.25 bits per heavy atom. The lowest BCUT2D eigenvalue weighted by Gasteiger charge is -2.32. The van der Waals surface area contributed by atoms with Gasteiger partial charge in [0.15, 0.2) is 0 Å². The Morgan fingerprint density at radius 3 is 2.60 bits per heavy atom. The Kier molecular flexibility index (Phi) is 5.18. The van der Waals surface area contributed by atoms with E-state index in [1.165, 1.54) is 12.8 Å². The summed E-state index contributed by atoms with van der Waals surface area (Å²) in [7, 11) is -1.52. The van der Waals surface area contributed by atoms with Gasteiger partial charge in [0.25, 0.3) is 10.1 Å². The zero-order chi connectivity index (χ0) is 14.6. The van der Waals surface area contributed by atoms with Gasteiger partial charge in [-0.15, -0.1) is 0 Å². The highest BCUT2D eigenvalue weighted by molar-refractivity contribution is 7.86. The summed E-state index contributed by atoms with van der Waals surface area (Å²) in [4.78, 5) is 2.53. The van der Waals surface area contributed by atoms with E-state index in [0.717, 1.165) is 24.9 Å². The molecule has 2 rings (SSSR count). The van der Waals surface area contributed by atoms with Gasteiger partial charge >= 0.3 is 0 Å². The van der Waals surface area contributed by atoms with Gasteiger partial charge in [-0.05, 0) is 51.9 Å². The van der Waals surface area contributed by atoms with Crippen molar-refractivity contribution in [2.45, 2.75) is 43.5 Å². The summed E-state index contributed by atoms with van der Waals surface area (Å²) in [5.41, 5.74) is 1.03. The molecule has 0 saturated carbocycles. The van der Waals surface area contributed by atoms with Crippen molar-refractivity contribution in [2.24, 2.45) is 0 Å². The molecule has 0 amide bonds. The van der Waals surface area contributed by atoms with E-state index in [9.17, 15) is 8.42 Å². The minimum Gasteiger partial charge on any atom is -0.303 e. The maximum absolute atomic E-state index is 12.0. The molecule has 5 heteroatoms. The molecule has 1 fully saturated rings. The Balaban J connectivity index is 1.87. The predicted molar refractivity (Wildman–Crippen MR) is 79.2 cm³/mol. The van der Waals surface area contributed by atoms with Crippen LogP contribution < -0.4 is 0 Å². The molecule has 1 aliphatic heterocycles. The first kappa shape index (κ1) is 15.5. The molecule has 0 spiro atoms. The van der Waals surface area contributed by atoms with Crippen LogP contribution in [-0.4, -0.2) is 39.6 Å². The summed E-state index contributed by atoms with van der Waals surface area (Å²) in [5, 5.41) is 0. The van der Waals surface area contributed by atoms with E-state index >= 15 is 0 Å². The van der Waals surface area contributed by atoms with Crippen molar-refractivity contribution < 1.29 is 12.6 Å². The third-order valence-corrected chi connectivity index (χ3v) is 5.25. The van der Waals surface area contributed by atoms with Crippen LogP contribution in [-0.2, 0) is 14.3 Å². The standard InChI is InChI=1S/C15H23NO3S/c1-13-6-8-15(9-7-13)20(17,18)19-12-10-14-5-3-4-11-16(14)2/h6-9,14H,3-5,10-12H2,1-2H3. The highest BCUT2D eigenvalue weighted by Gasteiger charge is 2.20. The second-order valence-electron chi connectivity index (χ2n) is 5.51. The van der Waals surface area contributed by atoms with Gasteiger partial charge in [-0.25, -0.2) is 0 Å². The third kappa shape index (κ3) is 4.04. The molecule has 112 valence electrons. The largest absolute Gasteiger partial charge is 0.303 e. The molecule has 1 unspecified atom stereocenters. The first-order valence-electron chi connectivity index (χ1n) is 7.15. The lowest BCUT2D eigenvalue weighted by Crippen LogP contribution is -2.37. The van der Waals surface area contributed by atoms with Crippen molar-refractivity contribution in [3.05, 3.63) is 29.8 Å². The molecule has 0 aliphatic carbocycles. The van der Waals surface area contributed by atoms with Crippen LogP contribution in [0.1, 0.15) is 31.2 Å². The van der Waals surface area contributed by atoms with Gasteiger partial charge < -0.3 is 4.90 Å². The van der Waals surface area contributed by atoms with Crippen molar-refractivity contribution >= 4 is 10.1 Å². The zero-order valence-electron chi connectivity index (χ0n) is 12.2. The fourth-order valence-corrected chi connectivity index (χ4v) is 3.50. The number of benzene rings is 1. The smallest absolute Gasteiger partial charge is 0.296 e. The lowest BCUT2D eigenvalue weighted by atomic mass is 10.0. The summed E-state index contributed by atoms with van der Waals surface area (Å²) < 4.78 is 29.2. The van der Waals surface area contributed by atoms with Crippen LogP contribution in [0.3, 0.4) is 0 Å². The second-order valence-corrected chi connectivity index (χ2v) is 7.12. The van der Waals surface area contributed by atoms with E-state index < -0.39 is 10.1 Å². The summed E-state index contributed by atoms with van der Waals surface area (Å²) in [5.74, 6) is 0. The van der Waals surface area contributed by atoms with E-state index in [4.69, 9.17) is 4.18 Å². The van der Waals surface area contributed by atoms with E-state index in [-0.39, 0.29) is 11.5 Å². The maximum Gasteiger partial charge on any atom is 0.296 e. The number of rotatable bonds is 5. The van der Waals surface area contributed by atoms with Crippen molar-refractivity contribution in [2.75, 3.05) is 20.2 Å². The van der Waals surface area contributed by atoms with Gasteiger partial charge in [-0.1, -0.05) is 24.1 Å². The van der Waals surface area contributed by atoms with Crippen LogP contribution >= 0.6 is 0 Å². The number of nitrogens with zero attached hydrogens (tertiary/aromatic N) is 1. The van der Waals surface area contributed by atoms with E-state index in [1.54, 1.807) is 24.3 Å². The first-order chi connectivity index (χ1) is 9.49. The zero-order valence-corrected chi connectivity index (χ0v) is 13.0. The fraction of sp³-hybridized carbons (Fsp3) is 0.600. The molecule has 1 aliphatic rings. The number of piperidine rings is 1. The number of hydrogen-bond donors (Lipinski definition) is 0. The van der Waals surface area contributed by atoms with Crippen LogP contribution in [0.15, 0.2) is 29.2 Å². The Morgan fingerprint density at radius 2 is 1.95 bits per heavy atom. The molecule has 1 aromatic rings. The van der Waals surface area contributed by atoms with Gasteiger partial charge in [-0.3, -0.25) is 4.18 Å². The number of likely N-dealkylation sites (tertiary alicyclic amines) is 1. The second kappa shape index (κ2) is 6.70. The highest BCUT2D eigenvalue weighted by Crippen LogP contribution is 2.19. The maximum atomic E-state index is 12.0. The Hall–Kier alpha value is -0.910. The molecule has 20 heavy (non-hydrogen) atoms. The average Bonchev–Trinajstić information content (AvgIpc) is 2.41. The van der Waals surface area contributed by atoms with Crippen molar-refractivity contribution in [1.82, 2.24) is 4.90 Å². The highest BCUT2D eigenvalue weighted by atomic mass is 32.2. The molecule has 0 N–H and O–H groups in total. The quantitative estimate of drug-likeness (QED) is 0.784. The normalized spacial score (nSPS) is 21.0. The van der Waals surface area contributed by atoms with E-state index in [0.29, 0.717) is 6.04 Å². The third-order valence-electron chi connectivity index (χ3n) is 3.92. The lowest BCUT2D eigenvalue weighted by molar-refractivity contribution is 0.154. The molecule has 1 atom stereocenters. The van der Waals surface area contributed by atoms with Gasteiger partial charge in [0.05, 0.1) is 11.5 Å². The van der Waals surface area contributed by atoms with Crippen LogP contribution in [0.5, 0.6) is 0 Å². The molecule has 1 aromatic carbocycles. The van der Waals surface area contributed by atoms with Crippen molar-refractivity contribution in [3.8, 4) is 0 Å². The molecular formula is C15H23NO3S. The summed E-state index contributed by atoms with van der Waals surface area (Å²) in [6, 6.07) is 7.20. The molecule has 4 nitrogen and oxygen atoms in total. The molecular weight excluding hydrogens is 274 g/mol. The van der Waals surface area contributed by atoms with Crippen molar-refractivity contribution in [3.63, 3.8) is 0 Å².